The highest BCUT2D eigenvalue weighted by atomic mass is 16.4. The summed E-state index contributed by atoms with van der Waals surface area (Å²) in [6, 6.07) is 6.16. The molecule has 0 spiro atoms. The fourth-order valence-corrected chi connectivity index (χ4v) is 2.36. The normalized spacial score (nSPS) is 11.6. The lowest BCUT2D eigenvalue weighted by Crippen LogP contribution is -2.50. The Morgan fingerprint density at radius 1 is 1.32 bits per heavy atom. The van der Waals surface area contributed by atoms with Crippen molar-refractivity contribution in [2.24, 2.45) is 0 Å². The van der Waals surface area contributed by atoms with Gasteiger partial charge in [-0.1, -0.05) is 11.6 Å². The SMILES string of the molecule is Cc1ccc2[nH]cc(CCC(=O)N(C)C(C)(C)C(=O)O)c2c1. The summed E-state index contributed by atoms with van der Waals surface area (Å²) in [5.74, 6) is -1.18. The number of aromatic nitrogens is 1. The molecule has 2 aromatic rings. The van der Waals surface area contributed by atoms with Gasteiger partial charge in [0.25, 0.3) is 0 Å². The van der Waals surface area contributed by atoms with Gasteiger partial charge in [-0.05, 0) is 44.9 Å². The number of nitrogens with one attached hydrogen (secondary N) is 1. The largest absolute Gasteiger partial charge is 0.480 e. The number of amides is 1. The van der Waals surface area contributed by atoms with Crippen LogP contribution in [0.2, 0.25) is 0 Å². The molecule has 0 unspecified atom stereocenters. The van der Waals surface area contributed by atoms with Crippen molar-refractivity contribution in [2.75, 3.05) is 7.05 Å². The van der Waals surface area contributed by atoms with Gasteiger partial charge in [-0.2, -0.15) is 0 Å². The molecule has 2 N–H and O–H groups in total. The van der Waals surface area contributed by atoms with Crippen LogP contribution in [0.3, 0.4) is 0 Å². The summed E-state index contributed by atoms with van der Waals surface area (Å²) in [7, 11) is 1.54. The molecule has 1 aromatic heterocycles. The van der Waals surface area contributed by atoms with Gasteiger partial charge in [0.05, 0.1) is 0 Å². The first-order valence-corrected chi connectivity index (χ1v) is 7.30. The fraction of sp³-hybridized carbons (Fsp3) is 0.412. The van der Waals surface area contributed by atoms with Gasteiger partial charge in [0, 0.05) is 30.6 Å². The molecule has 0 radical (unpaired) electrons. The third kappa shape index (κ3) is 2.98. The monoisotopic (exact) mass is 302 g/mol. The lowest BCUT2D eigenvalue weighted by atomic mass is 10.0. The number of fused-ring (bicyclic) bond motifs is 1. The van der Waals surface area contributed by atoms with E-state index in [0.717, 1.165) is 16.5 Å². The van der Waals surface area contributed by atoms with Crippen molar-refractivity contribution in [3.05, 3.63) is 35.5 Å². The predicted octanol–water partition coefficient (Wildman–Crippen LogP) is 2.73. The number of aromatic amines is 1. The summed E-state index contributed by atoms with van der Waals surface area (Å²) in [4.78, 5) is 28.0. The summed E-state index contributed by atoms with van der Waals surface area (Å²) in [5.41, 5.74) is 2.10. The van der Waals surface area contributed by atoms with Crippen molar-refractivity contribution in [1.82, 2.24) is 9.88 Å². The van der Waals surface area contributed by atoms with E-state index in [9.17, 15) is 14.7 Å². The second kappa shape index (κ2) is 5.83. The number of carboxylic acid groups (broad SMARTS) is 1. The molecular formula is C17H22N2O3. The molecule has 118 valence electrons. The summed E-state index contributed by atoms with van der Waals surface area (Å²) >= 11 is 0. The molecule has 0 saturated heterocycles. The number of carbonyl (C=O) groups excluding carboxylic acids is 1. The number of aliphatic carboxylic acids is 1. The van der Waals surface area contributed by atoms with Gasteiger partial charge in [0.1, 0.15) is 5.54 Å². The molecule has 5 heteroatoms. The second-order valence-electron chi connectivity index (χ2n) is 6.18. The van der Waals surface area contributed by atoms with Crippen LogP contribution in [0.4, 0.5) is 0 Å². The van der Waals surface area contributed by atoms with Crippen molar-refractivity contribution in [3.8, 4) is 0 Å². The van der Waals surface area contributed by atoms with E-state index in [1.807, 2.05) is 25.3 Å². The Bertz CT molecular complexity index is 716. The van der Waals surface area contributed by atoms with Gasteiger partial charge in [0.2, 0.25) is 5.91 Å². The minimum atomic E-state index is -1.20. The van der Waals surface area contributed by atoms with Crippen LogP contribution < -0.4 is 0 Å². The van der Waals surface area contributed by atoms with Crippen LogP contribution in [-0.4, -0.2) is 39.5 Å². The molecule has 2 rings (SSSR count). The first-order chi connectivity index (χ1) is 10.2. The van der Waals surface area contributed by atoms with Crippen LogP contribution in [0.1, 0.15) is 31.4 Å². The maximum absolute atomic E-state index is 12.2. The van der Waals surface area contributed by atoms with Crippen LogP contribution in [-0.2, 0) is 16.0 Å². The molecule has 0 aliphatic heterocycles. The van der Waals surface area contributed by atoms with Crippen molar-refractivity contribution in [3.63, 3.8) is 0 Å². The molecule has 0 saturated carbocycles. The predicted molar refractivity (Wildman–Crippen MR) is 85.8 cm³/mol. The Morgan fingerprint density at radius 2 is 2.00 bits per heavy atom. The average Bonchev–Trinajstić information content (AvgIpc) is 2.85. The lowest BCUT2D eigenvalue weighted by Gasteiger charge is -2.31. The summed E-state index contributed by atoms with van der Waals surface area (Å²) in [6.07, 6.45) is 2.79. The van der Waals surface area contributed by atoms with Gasteiger partial charge in [-0.15, -0.1) is 0 Å². The number of carboxylic acids is 1. The minimum Gasteiger partial charge on any atom is -0.480 e. The third-order valence-corrected chi connectivity index (χ3v) is 4.27. The van der Waals surface area contributed by atoms with Gasteiger partial charge < -0.3 is 15.0 Å². The highest BCUT2D eigenvalue weighted by Crippen LogP contribution is 2.22. The number of hydrogen-bond donors (Lipinski definition) is 2. The van der Waals surface area contributed by atoms with Crippen molar-refractivity contribution in [2.45, 2.75) is 39.2 Å². The zero-order valence-electron chi connectivity index (χ0n) is 13.4. The van der Waals surface area contributed by atoms with E-state index < -0.39 is 11.5 Å². The molecule has 5 nitrogen and oxygen atoms in total. The number of benzene rings is 1. The maximum Gasteiger partial charge on any atom is 0.329 e. The van der Waals surface area contributed by atoms with Gasteiger partial charge >= 0.3 is 5.97 Å². The minimum absolute atomic E-state index is 0.172. The van der Waals surface area contributed by atoms with Crippen molar-refractivity contribution in [1.29, 1.82) is 0 Å². The van der Waals surface area contributed by atoms with Crippen LogP contribution in [0.25, 0.3) is 10.9 Å². The third-order valence-electron chi connectivity index (χ3n) is 4.27. The molecule has 1 aromatic carbocycles. The molecule has 22 heavy (non-hydrogen) atoms. The zero-order chi connectivity index (χ0) is 16.5. The van der Waals surface area contributed by atoms with Gasteiger partial charge in [-0.25, -0.2) is 4.79 Å². The molecule has 0 bridgehead atoms. The number of hydrogen-bond acceptors (Lipinski definition) is 2. The van der Waals surface area contributed by atoms with E-state index in [2.05, 4.69) is 11.1 Å². The first-order valence-electron chi connectivity index (χ1n) is 7.30. The Labute approximate surface area is 129 Å². The van der Waals surface area contributed by atoms with Crippen LogP contribution in [0.15, 0.2) is 24.4 Å². The Balaban J connectivity index is 2.10. The number of carbonyl (C=O) groups is 2. The molecule has 0 aliphatic rings. The van der Waals surface area contributed by atoms with E-state index in [-0.39, 0.29) is 12.3 Å². The smallest absolute Gasteiger partial charge is 0.329 e. The maximum atomic E-state index is 12.2. The fourth-order valence-electron chi connectivity index (χ4n) is 2.36. The van der Waals surface area contributed by atoms with Crippen LogP contribution >= 0.6 is 0 Å². The highest BCUT2D eigenvalue weighted by molar-refractivity contribution is 5.87. The number of likely N-dealkylation sites (N-methyl/N-ethyl adjacent to an activating group) is 1. The van der Waals surface area contributed by atoms with Gasteiger partial charge in [-0.3, -0.25) is 4.79 Å². The van der Waals surface area contributed by atoms with Gasteiger partial charge in [0.15, 0.2) is 0 Å². The second-order valence-corrected chi connectivity index (χ2v) is 6.18. The van der Waals surface area contributed by atoms with E-state index in [0.29, 0.717) is 6.42 Å². The number of rotatable bonds is 5. The lowest BCUT2D eigenvalue weighted by molar-refractivity contribution is -0.155. The Hall–Kier alpha value is -2.30. The standard InChI is InChI=1S/C17H22N2O3/c1-11-5-7-14-13(9-11)12(10-18-14)6-8-15(20)19(4)17(2,3)16(21)22/h5,7,9-10,18H,6,8H2,1-4H3,(H,21,22). The van der Waals surface area contributed by atoms with Crippen molar-refractivity contribution < 1.29 is 14.7 Å². The van der Waals surface area contributed by atoms with E-state index >= 15 is 0 Å². The summed E-state index contributed by atoms with van der Waals surface area (Å²) < 4.78 is 0. The summed E-state index contributed by atoms with van der Waals surface area (Å²) in [6.45, 7) is 5.09. The van der Waals surface area contributed by atoms with Crippen molar-refractivity contribution >= 4 is 22.8 Å². The van der Waals surface area contributed by atoms with Crippen LogP contribution in [0, 0.1) is 6.92 Å². The molecular weight excluding hydrogens is 280 g/mol. The highest BCUT2D eigenvalue weighted by Gasteiger charge is 2.34. The average molecular weight is 302 g/mol. The van der Waals surface area contributed by atoms with E-state index in [1.165, 1.54) is 31.4 Å². The molecule has 1 amide bonds. The van der Waals surface area contributed by atoms with E-state index in [4.69, 9.17) is 0 Å². The molecule has 0 fully saturated rings. The topological polar surface area (TPSA) is 73.4 Å². The Morgan fingerprint density at radius 3 is 2.64 bits per heavy atom. The first kappa shape index (κ1) is 16.1. The molecule has 0 atom stereocenters. The Kier molecular flexibility index (Phi) is 4.26. The molecule has 1 heterocycles. The quantitative estimate of drug-likeness (QED) is 0.892. The summed E-state index contributed by atoms with van der Waals surface area (Å²) in [5, 5.41) is 10.3. The number of aryl methyl sites for hydroxylation is 2. The molecule has 0 aliphatic carbocycles. The zero-order valence-corrected chi connectivity index (χ0v) is 13.4. The number of H-pyrrole nitrogens is 1. The van der Waals surface area contributed by atoms with E-state index in [1.54, 1.807) is 0 Å². The van der Waals surface area contributed by atoms with Crippen LogP contribution in [0.5, 0.6) is 0 Å². The number of nitrogens with zero attached hydrogens (tertiary/aromatic N) is 1.